The molecule has 1 atom stereocenters. The van der Waals surface area contributed by atoms with E-state index in [0.29, 0.717) is 5.57 Å². The van der Waals surface area contributed by atoms with Gasteiger partial charge in [-0.1, -0.05) is 6.08 Å². The minimum absolute atomic E-state index is 0.0155. The standard InChI is InChI=1S/C15H20O7S/c1-10-8-12(22-13(10)16)21-9-11(14(17)20-4)6-7-15(2,3)23(5,18)19/h6-9,12H,1-5H3/b7-6+,11-9+. The molecule has 7 nitrogen and oxygen atoms in total. The van der Waals surface area contributed by atoms with Crippen molar-refractivity contribution in [2.75, 3.05) is 13.4 Å². The van der Waals surface area contributed by atoms with Crippen LogP contribution in [0.1, 0.15) is 20.8 Å². The van der Waals surface area contributed by atoms with Gasteiger partial charge in [0, 0.05) is 17.9 Å². The second kappa shape index (κ2) is 6.99. The number of cyclic esters (lactones) is 1. The van der Waals surface area contributed by atoms with Crippen LogP contribution >= 0.6 is 0 Å². The van der Waals surface area contributed by atoms with Gasteiger partial charge in [0.25, 0.3) is 6.29 Å². The van der Waals surface area contributed by atoms with Gasteiger partial charge in [-0.25, -0.2) is 18.0 Å². The summed E-state index contributed by atoms with van der Waals surface area (Å²) in [6.45, 7) is 4.57. The van der Waals surface area contributed by atoms with Gasteiger partial charge in [-0.05, 0) is 26.8 Å². The van der Waals surface area contributed by atoms with Crippen LogP contribution in [-0.2, 0) is 33.6 Å². The van der Waals surface area contributed by atoms with Crippen molar-refractivity contribution in [1.29, 1.82) is 0 Å². The quantitative estimate of drug-likeness (QED) is 0.310. The Kier molecular flexibility index (Phi) is 5.76. The van der Waals surface area contributed by atoms with Gasteiger partial charge in [0.2, 0.25) is 0 Å². The van der Waals surface area contributed by atoms with E-state index in [9.17, 15) is 18.0 Å². The largest absolute Gasteiger partial charge is 0.465 e. The zero-order chi connectivity index (χ0) is 17.8. The summed E-state index contributed by atoms with van der Waals surface area (Å²) in [4.78, 5) is 22.9. The van der Waals surface area contributed by atoms with Gasteiger partial charge in [0.05, 0.1) is 17.4 Å². The van der Waals surface area contributed by atoms with Crippen LogP contribution in [0.3, 0.4) is 0 Å². The van der Waals surface area contributed by atoms with Crippen LogP contribution in [0.25, 0.3) is 0 Å². The first-order valence-corrected chi connectivity index (χ1v) is 8.59. The summed E-state index contributed by atoms with van der Waals surface area (Å²) in [7, 11) is -2.18. The molecule has 1 heterocycles. The first-order chi connectivity index (χ1) is 10.5. The van der Waals surface area contributed by atoms with Crippen molar-refractivity contribution in [1.82, 2.24) is 0 Å². The summed E-state index contributed by atoms with van der Waals surface area (Å²) in [5, 5.41) is 0. The van der Waals surface area contributed by atoms with E-state index in [0.717, 1.165) is 12.5 Å². The van der Waals surface area contributed by atoms with Gasteiger partial charge < -0.3 is 14.2 Å². The highest BCUT2D eigenvalue weighted by Gasteiger charge is 2.27. The SMILES string of the molecule is COC(=O)C(/C=C/C(C)(C)S(C)(=O)=O)=C/OC1C=C(C)C(=O)O1. The fourth-order valence-corrected chi connectivity index (χ4v) is 1.71. The van der Waals surface area contributed by atoms with E-state index in [1.165, 1.54) is 39.2 Å². The number of carbonyl (C=O) groups is 2. The Balaban J connectivity index is 2.96. The molecule has 0 saturated heterocycles. The highest BCUT2D eigenvalue weighted by molar-refractivity contribution is 7.92. The van der Waals surface area contributed by atoms with Crippen molar-refractivity contribution in [3.05, 3.63) is 35.6 Å². The second-order valence-corrected chi connectivity index (χ2v) is 8.13. The van der Waals surface area contributed by atoms with Crippen LogP contribution in [0.5, 0.6) is 0 Å². The molecule has 0 saturated carbocycles. The number of rotatable bonds is 6. The fourth-order valence-electron chi connectivity index (χ4n) is 1.40. The summed E-state index contributed by atoms with van der Waals surface area (Å²) in [5.41, 5.74) is 0.384. The normalized spacial score (nSPS) is 19.5. The Morgan fingerprint density at radius 2 is 2.00 bits per heavy atom. The lowest BCUT2D eigenvalue weighted by molar-refractivity contribution is -0.152. The molecule has 8 heteroatoms. The van der Waals surface area contributed by atoms with Gasteiger partial charge in [-0.2, -0.15) is 0 Å². The van der Waals surface area contributed by atoms with Gasteiger partial charge in [-0.3, -0.25) is 0 Å². The molecule has 1 aliphatic heterocycles. The van der Waals surface area contributed by atoms with Gasteiger partial charge in [0.1, 0.15) is 6.26 Å². The van der Waals surface area contributed by atoms with E-state index in [-0.39, 0.29) is 5.57 Å². The van der Waals surface area contributed by atoms with Crippen molar-refractivity contribution < 1.29 is 32.2 Å². The first-order valence-electron chi connectivity index (χ1n) is 6.70. The van der Waals surface area contributed by atoms with Crippen molar-refractivity contribution in [3.63, 3.8) is 0 Å². The molecule has 0 aliphatic carbocycles. The molecule has 128 valence electrons. The van der Waals surface area contributed by atoms with Crippen molar-refractivity contribution in [3.8, 4) is 0 Å². The van der Waals surface area contributed by atoms with Crippen molar-refractivity contribution in [2.45, 2.75) is 31.8 Å². The molecule has 0 N–H and O–H groups in total. The van der Waals surface area contributed by atoms with E-state index in [4.69, 9.17) is 9.47 Å². The first kappa shape index (κ1) is 19.0. The number of sulfone groups is 1. The summed E-state index contributed by atoms with van der Waals surface area (Å²) >= 11 is 0. The number of methoxy groups -OCH3 is 1. The molecule has 0 aromatic carbocycles. The highest BCUT2D eigenvalue weighted by atomic mass is 32.2. The zero-order valence-electron chi connectivity index (χ0n) is 13.7. The third-order valence-corrected chi connectivity index (χ3v) is 5.35. The maximum Gasteiger partial charge on any atom is 0.340 e. The fraction of sp³-hybridized carbons (Fsp3) is 0.467. The lowest BCUT2D eigenvalue weighted by Gasteiger charge is -2.17. The van der Waals surface area contributed by atoms with Gasteiger partial charge in [0.15, 0.2) is 9.84 Å². The zero-order valence-corrected chi connectivity index (χ0v) is 14.5. The van der Waals surface area contributed by atoms with Crippen LogP contribution < -0.4 is 0 Å². The topological polar surface area (TPSA) is 96.0 Å². The minimum Gasteiger partial charge on any atom is -0.465 e. The maximum atomic E-state index is 11.7. The number of carbonyl (C=O) groups excluding carboxylic acids is 2. The molecule has 23 heavy (non-hydrogen) atoms. The third-order valence-electron chi connectivity index (χ3n) is 3.30. The number of hydrogen-bond donors (Lipinski definition) is 0. The van der Waals surface area contributed by atoms with Crippen LogP contribution in [0.2, 0.25) is 0 Å². The summed E-state index contributed by atoms with van der Waals surface area (Å²) in [6.07, 6.45) is 5.33. The van der Waals surface area contributed by atoms with E-state index >= 15 is 0 Å². The number of esters is 2. The van der Waals surface area contributed by atoms with Crippen LogP contribution in [0.15, 0.2) is 35.6 Å². The second-order valence-electron chi connectivity index (χ2n) is 5.53. The molecule has 1 unspecified atom stereocenters. The molecular weight excluding hydrogens is 324 g/mol. The van der Waals surface area contributed by atoms with E-state index in [2.05, 4.69) is 4.74 Å². The lowest BCUT2D eigenvalue weighted by Crippen LogP contribution is -2.28. The molecule has 0 bridgehead atoms. The average molecular weight is 344 g/mol. The molecule has 0 radical (unpaired) electrons. The van der Waals surface area contributed by atoms with Crippen LogP contribution in [-0.4, -0.2) is 44.8 Å². The summed E-state index contributed by atoms with van der Waals surface area (Å²) in [5.74, 6) is -1.22. The lowest BCUT2D eigenvalue weighted by atomic mass is 10.1. The molecule has 0 spiro atoms. The molecule has 0 fully saturated rings. The monoisotopic (exact) mass is 344 g/mol. The van der Waals surface area contributed by atoms with Crippen molar-refractivity contribution in [2.24, 2.45) is 0 Å². The number of hydrogen-bond acceptors (Lipinski definition) is 7. The summed E-state index contributed by atoms with van der Waals surface area (Å²) in [6, 6.07) is 0. The van der Waals surface area contributed by atoms with Crippen LogP contribution in [0, 0.1) is 0 Å². The molecule has 0 amide bonds. The Labute approximate surface area is 135 Å². The van der Waals surface area contributed by atoms with Gasteiger partial charge in [-0.15, -0.1) is 0 Å². The molecule has 0 aromatic rings. The highest BCUT2D eigenvalue weighted by Crippen LogP contribution is 2.19. The average Bonchev–Trinajstić information content (AvgIpc) is 2.75. The maximum absolute atomic E-state index is 11.7. The van der Waals surface area contributed by atoms with E-state index < -0.39 is 32.8 Å². The third kappa shape index (κ3) is 4.95. The molecular formula is C15H20O7S. The van der Waals surface area contributed by atoms with Crippen molar-refractivity contribution >= 4 is 21.8 Å². The van der Waals surface area contributed by atoms with E-state index in [1.807, 2.05) is 0 Å². The predicted octanol–water partition coefficient (Wildman–Crippen LogP) is 1.27. The number of ether oxygens (including phenoxy) is 3. The van der Waals surface area contributed by atoms with Crippen LogP contribution in [0.4, 0.5) is 0 Å². The summed E-state index contributed by atoms with van der Waals surface area (Å²) < 4.78 is 36.8. The Morgan fingerprint density at radius 3 is 2.43 bits per heavy atom. The Bertz CT molecular complexity index is 681. The Hall–Kier alpha value is -2.09. The predicted molar refractivity (Wildman–Crippen MR) is 82.9 cm³/mol. The molecule has 1 rings (SSSR count). The Morgan fingerprint density at radius 1 is 1.39 bits per heavy atom. The smallest absolute Gasteiger partial charge is 0.340 e. The van der Waals surface area contributed by atoms with E-state index in [1.54, 1.807) is 6.92 Å². The minimum atomic E-state index is -3.36. The van der Waals surface area contributed by atoms with Gasteiger partial charge >= 0.3 is 11.9 Å². The molecule has 0 aromatic heterocycles. The molecule has 1 aliphatic rings.